The summed E-state index contributed by atoms with van der Waals surface area (Å²) < 4.78 is 56.3. The predicted octanol–water partition coefficient (Wildman–Crippen LogP) is 4.79. The summed E-state index contributed by atoms with van der Waals surface area (Å²) in [4.78, 5) is 33.6. The van der Waals surface area contributed by atoms with Crippen LogP contribution in [0.25, 0.3) is 11.0 Å². The highest BCUT2D eigenvalue weighted by molar-refractivity contribution is 7.91. The zero-order valence-electron chi connectivity index (χ0n) is 26.0. The van der Waals surface area contributed by atoms with E-state index >= 15 is 8.78 Å². The third kappa shape index (κ3) is 7.28. The number of pyridine rings is 1. The molecule has 1 unspecified atom stereocenters. The maximum atomic E-state index is 15.1. The lowest BCUT2D eigenvalue weighted by Gasteiger charge is -2.31. The molecule has 0 bridgehead atoms. The van der Waals surface area contributed by atoms with Crippen LogP contribution in [0.2, 0.25) is 0 Å². The first-order valence-electron chi connectivity index (χ1n) is 15.9. The first-order valence-corrected chi connectivity index (χ1v) is 17.7. The van der Waals surface area contributed by atoms with Gasteiger partial charge in [-0.25, -0.2) is 27.2 Å². The lowest BCUT2D eigenvalue weighted by atomic mass is 9.77. The highest BCUT2D eigenvalue weighted by Gasteiger charge is 2.42. The molecule has 3 aromatic rings. The molecule has 0 aliphatic carbocycles. The summed E-state index contributed by atoms with van der Waals surface area (Å²) in [5.74, 6) is -3.05. The van der Waals surface area contributed by atoms with E-state index in [1.807, 2.05) is 6.92 Å². The second-order valence-electron chi connectivity index (χ2n) is 12.6. The van der Waals surface area contributed by atoms with Gasteiger partial charge in [0.1, 0.15) is 33.9 Å². The van der Waals surface area contributed by atoms with Gasteiger partial charge in [-0.05, 0) is 69.3 Å². The van der Waals surface area contributed by atoms with Gasteiger partial charge in [-0.2, -0.15) is 5.26 Å². The number of aldehydes is 1. The number of anilines is 1. The van der Waals surface area contributed by atoms with Crippen LogP contribution in [0.1, 0.15) is 81.0 Å². The Balaban J connectivity index is 1.50. The number of fused-ring (bicyclic) bond motifs is 1. The Labute approximate surface area is 267 Å². The highest BCUT2D eigenvalue weighted by atomic mass is 32.2. The normalized spacial score (nSPS) is 18.4. The van der Waals surface area contributed by atoms with Crippen molar-refractivity contribution in [3.63, 3.8) is 0 Å². The van der Waals surface area contributed by atoms with Crippen LogP contribution in [0.15, 0.2) is 41.5 Å². The minimum Gasteiger partial charge on any atom is -0.363 e. The summed E-state index contributed by atoms with van der Waals surface area (Å²) in [5, 5.41) is 17.2. The van der Waals surface area contributed by atoms with Gasteiger partial charge < -0.3 is 15.4 Å². The number of alkyl halides is 2. The van der Waals surface area contributed by atoms with E-state index in [0.717, 1.165) is 25.5 Å². The van der Waals surface area contributed by atoms with Crippen molar-refractivity contribution >= 4 is 33.0 Å². The number of nitrogens with one attached hydrogen (secondary N) is 2. The Morgan fingerprint density at radius 1 is 1.17 bits per heavy atom. The molecule has 0 saturated carbocycles. The molecule has 2 aliphatic heterocycles. The van der Waals surface area contributed by atoms with Crippen molar-refractivity contribution in [2.75, 3.05) is 29.9 Å². The second kappa shape index (κ2) is 13.9. The van der Waals surface area contributed by atoms with Gasteiger partial charge in [0, 0.05) is 36.6 Å². The molecule has 0 spiro atoms. The number of carbonyl (C=O) groups is 1. The molecule has 1 atom stereocenters. The Morgan fingerprint density at radius 2 is 1.91 bits per heavy atom. The molecule has 0 radical (unpaired) electrons. The number of unbranched alkanes of at least 4 members (excludes halogenated alkanes) is 4. The maximum absolute atomic E-state index is 15.1. The fourth-order valence-corrected chi connectivity index (χ4v) is 7.85. The number of aromatic nitrogens is 3. The zero-order chi connectivity index (χ0) is 33.0. The molecule has 2 aromatic heterocycles. The quantitative estimate of drug-likeness (QED) is 0.185. The summed E-state index contributed by atoms with van der Waals surface area (Å²) in [5.41, 5.74) is -0.545. The minimum atomic E-state index is -3.32. The van der Waals surface area contributed by atoms with E-state index in [0.29, 0.717) is 54.9 Å². The number of nitrogens with zero attached hydrogens (tertiary/aromatic N) is 4. The molecular weight excluding hydrogens is 614 g/mol. The number of carbonyl (C=O) groups excluding carboxylic acids is 1. The van der Waals surface area contributed by atoms with E-state index in [2.05, 4.69) is 26.7 Å². The van der Waals surface area contributed by atoms with E-state index < -0.39 is 32.8 Å². The van der Waals surface area contributed by atoms with Crippen LogP contribution in [-0.4, -0.2) is 53.8 Å². The smallest absolute Gasteiger partial charge is 0.273 e. The number of hydrogen-bond acceptors (Lipinski definition) is 9. The lowest BCUT2D eigenvalue weighted by molar-refractivity contribution is -0.107. The van der Waals surface area contributed by atoms with Crippen LogP contribution in [0.5, 0.6) is 0 Å². The second-order valence-corrected chi connectivity index (χ2v) is 14.9. The Hall–Kier alpha value is -3.76. The molecule has 2 N–H and O–H groups in total. The van der Waals surface area contributed by atoms with Gasteiger partial charge in [0.05, 0.1) is 28.4 Å². The van der Waals surface area contributed by atoms with Gasteiger partial charge in [-0.1, -0.05) is 31.0 Å². The van der Waals surface area contributed by atoms with Crippen molar-refractivity contribution in [2.45, 2.75) is 82.2 Å². The fraction of sp³-hybridized carbons (Fsp3) is 0.545. The summed E-state index contributed by atoms with van der Waals surface area (Å²) in [6.07, 6.45) is 5.46. The topological polar surface area (TPSA) is 147 Å². The molecule has 2 saturated heterocycles. The van der Waals surface area contributed by atoms with Crippen molar-refractivity contribution in [2.24, 2.45) is 5.92 Å². The van der Waals surface area contributed by atoms with Crippen LogP contribution in [0.4, 0.5) is 14.6 Å². The van der Waals surface area contributed by atoms with Crippen molar-refractivity contribution in [1.82, 2.24) is 19.9 Å². The average Bonchev–Trinajstić information content (AvgIpc) is 3.02. The molecule has 2 fully saturated rings. The standard InChI is InChI=1S/C33H40F2N6O4S/c1-23(25-8-7-9-26(16-25)33(34,35)18-24-19-37-20-24)40-29-27-17-28(32(21-36)10-14-46(44,45)15-11-32)31(43)41(30(27)39-22-38-29)12-5-3-2-4-6-13-42/h7-9,13,16-17,22-24,37H,2-6,10-12,14-15,18-20H2,1H3,(H,38,39,40). The van der Waals surface area contributed by atoms with Gasteiger partial charge >= 0.3 is 0 Å². The number of sulfone groups is 1. The number of rotatable bonds is 14. The molecule has 5 rings (SSSR count). The van der Waals surface area contributed by atoms with Crippen molar-refractivity contribution in [1.29, 1.82) is 5.26 Å². The summed E-state index contributed by atoms with van der Waals surface area (Å²) in [7, 11) is -3.32. The first-order chi connectivity index (χ1) is 22.0. The number of aryl methyl sites for hydroxylation is 1. The van der Waals surface area contributed by atoms with Crippen molar-refractivity contribution < 1.29 is 22.0 Å². The van der Waals surface area contributed by atoms with Crippen LogP contribution in [-0.2, 0) is 32.5 Å². The minimum absolute atomic E-state index is 0.00303. The largest absolute Gasteiger partial charge is 0.363 e. The van der Waals surface area contributed by atoms with Crippen LogP contribution in [0, 0.1) is 17.2 Å². The van der Waals surface area contributed by atoms with Crippen LogP contribution in [0.3, 0.4) is 0 Å². The van der Waals surface area contributed by atoms with E-state index in [1.54, 1.807) is 18.2 Å². The van der Waals surface area contributed by atoms with Crippen molar-refractivity contribution in [3.8, 4) is 6.07 Å². The zero-order valence-corrected chi connectivity index (χ0v) is 26.8. The monoisotopic (exact) mass is 654 g/mol. The fourth-order valence-electron chi connectivity index (χ4n) is 6.32. The third-order valence-electron chi connectivity index (χ3n) is 9.32. The van der Waals surface area contributed by atoms with Crippen molar-refractivity contribution in [3.05, 3.63) is 63.7 Å². The Morgan fingerprint density at radius 3 is 2.59 bits per heavy atom. The average molecular weight is 655 g/mol. The van der Waals surface area contributed by atoms with E-state index in [4.69, 9.17) is 0 Å². The predicted molar refractivity (Wildman–Crippen MR) is 171 cm³/mol. The maximum Gasteiger partial charge on any atom is 0.273 e. The number of halogens is 2. The molecule has 246 valence electrons. The highest BCUT2D eigenvalue weighted by Crippen LogP contribution is 2.38. The molecule has 46 heavy (non-hydrogen) atoms. The Kier molecular flexibility index (Phi) is 10.2. The molecule has 2 aliphatic rings. The molecular formula is C33H40F2N6O4S. The van der Waals surface area contributed by atoms with Crippen LogP contribution < -0.4 is 16.2 Å². The molecule has 13 heteroatoms. The summed E-state index contributed by atoms with van der Waals surface area (Å²) in [6.45, 7) is 3.32. The summed E-state index contributed by atoms with van der Waals surface area (Å²) >= 11 is 0. The van der Waals surface area contributed by atoms with E-state index in [-0.39, 0.29) is 47.8 Å². The SMILES string of the molecule is CC(Nc1ncnc2c1cc(C1(C#N)CCS(=O)(=O)CC1)c(=O)n2CCCCCCC=O)c1cccc(C(F)(F)CC2CNC2)c1. The lowest BCUT2D eigenvalue weighted by Crippen LogP contribution is -2.44. The van der Waals surface area contributed by atoms with E-state index in [9.17, 15) is 23.3 Å². The number of benzene rings is 1. The van der Waals surface area contributed by atoms with Gasteiger partial charge in [0.15, 0.2) is 0 Å². The van der Waals surface area contributed by atoms with Crippen LogP contribution >= 0.6 is 0 Å². The van der Waals surface area contributed by atoms with Gasteiger partial charge in [0.2, 0.25) is 0 Å². The first kappa shape index (κ1) is 33.6. The summed E-state index contributed by atoms with van der Waals surface area (Å²) in [6, 6.07) is 9.76. The Bertz CT molecular complexity index is 1770. The molecule has 10 nitrogen and oxygen atoms in total. The molecule has 4 heterocycles. The van der Waals surface area contributed by atoms with Gasteiger partial charge in [0.25, 0.3) is 11.5 Å². The molecule has 0 amide bonds. The number of nitriles is 1. The van der Waals surface area contributed by atoms with Gasteiger partial charge in [-0.15, -0.1) is 0 Å². The van der Waals surface area contributed by atoms with Gasteiger partial charge in [-0.3, -0.25) is 9.36 Å². The third-order valence-corrected chi connectivity index (χ3v) is 11.0. The molecule has 1 aromatic carbocycles. The number of hydrogen-bond donors (Lipinski definition) is 2. The van der Waals surface area contributed by atoms with E-state index in [1.165, 1.54) is 23.0 Å².